The Hall–Kier alpha value is -0.610. The van der Waals surface area contributed by atoms with Crippen molar-refractivity contribution in [1.82, 2.24) is 5.32 Å². The molecule has 2 aliphatic rings. The number of ether oxygens (including phenoxy) is 1. The highest BCUT2D eigenvalue weighted by molar-refractivity contribution is 5.78. The van der Waals surface area contributed by atoms with Gasteiger partial charge in [0, 0.05) is 12.6 Å². The Morgan fingerprint density at radius 1 is 1.24 bits per heavy atom. The van der Waals surface area contributed by atoms with Gasteiger partial charge in [0.2, 0.25) is 0 Å². The zero-order valence-corrected chi connectivity index (χ0v) is 13.7. The lowest BCUT2D eigenvalue weighted by molar-refractivity contribution is -0.144. The first-order valence-corrected chi connectivity index (χ1v) is 8.53. The minimum Gasteiger partial charge on any atom is -0.480 e. The van der Waals surface area contributed by atoms with E-state index in [1.165, 1.54) is 6.42 Å². The van der Waals surface area contributed by atoms with Crippen molar-refractivity contribution in [3.63, 3.8) is 0 Å². The van der Waals surface area contributed by atoms with Crippen molar-refractivity contribution in [3.8, 4) is 0 Å². The monoisotopic (exact) mass is 297 g/mol. The van der Waals surface area contributed by atoms with Crippen molar-refractivity contribution < 1.29 is 14.6 Å². The van der Waals surface area contributed by atoms with Gasteiger partial charge in [0.05, 0.1) is 6.10 Å². The average molecular weight is 297 g/mol. The molecule has 122 valence electrons. The highest BCUT2D eigenvalue weighted by Crippen LogP contribution is 2.31. The summed E-state index contributed by atoms with van der Waals surface area (Å²) < 4.78 is 5.98. The van der Waals surface area contributed by atoms with E-state index < -0.39 is 11.5 Å². The molecular formula is C17H31NO3. The number of aliphatic carboxylic acids is 1. The molecule has 4 nitrogen and oxygen atoms in total. The van der Waals surface area contributed by atoms with E-state index in [1.807, 2.05) is 0 Å². The molecule has 2 N–H and O–H groups in total. The van der Waals surface area contributed by atoms with Gasteiger partial charge in [0.1, 0.15) is 5.54 Å². The lowest BCUT2D eigenvalue weighted by atomic mass is 9.80. The van der Waals surface area contributed by atoms with Crippen molar-refractivity contribution in [3.05, 3.63) is 0 Å². The maximum absolute atomic E-state index is 11.5. The quantitative estimate of drug-likeness (QED) is 0.675. The lowest BCUT2D eigenvalue weighted by Crippen LogP contribution is -2.50. The van der Waals surface area contributed by atoms with E-state index in [0.29, 0.717) is 25.2 Å². The molecule has 4 unspecified atom stereocenters. The van der Waals surface area contributed by atoms with Crippen LogP contribution in [0.5, 0.6) is 0 Å². The number of carbonyl (C=O) groups is 1. The smallest absolute Gasteiger partial charge is 0.323 e. The van der Waals surface area contributed by atoms with Gasteiger partial charge in [-0.15, -0.1) is 0 Å². The van der Waals surface area contributed by atoms with Crippen molar-refractivity contribution >= 4 is 5.97 Å². The van der Waals surface area contributed by atoms with Crippen LogP contribution in [0.3, 0.4) is 0 Å². The minimum atomic E-state index is -0.793. The summed E-state index contributed by atoms with van der Waals surface area (Å²) in [5.74, 6) is 0.807. The highest BCUT2D eigenvalue weighted by atomic mass is 16.5. The topological polar surface area (TPSA) is 58.6 Å². The van der Waals surface area contributed by atoms with E-state index in [1.54, 1.807) is 6.92 Å². The summed E-state index contributed by atoms with van der Waals surface area (Å²) in [6.45, 7) is 7.11. The van der Waals surface area contributed by atoms with Crippen LogP contribution in [-0.4, -0.2) is 35.4 Å². The largest absolute Gasteiger partial charge is 0.480 e. The third-order valence-electron chi connectivity index (χ3n) is 5.30. The van der Waals surface area contributed by atoms with E-state index in [0.717, 1.165) is 43.9 Å². The molecule has 2 fully saturated rings. The van der Waals surface area contributed by atoms with Crippen LogP contribution >= 0.6 is 0 Å². The number of hydrogen-bond donors (Lipinski definition) is 2. The van der Waals surface area contributed by atoms with E-state index in [2.05, 4.69) is 19.2 Å². The van der Waals surface area contributed by atoms with Crippen molar-refractivity contribution in [2.45, 2.75) is 83.4 Å². The Bertz CT molecular complexity index is 356. The van der Waals surface area contributed by atoms with Gasteiger partial charge in [-0.1, -0.05) is 13.8 Å². The second-order valence-electron chi connectivity index (χ2n) is 7.42. The van der Waals surface area contributed by atoms with Gasteiger partial charge in [-0.05, 0) is 63.7 Å². The molecule has 0 radical (unpaired) electrons. The molecule has 0 aromatic rings. The summed E-state index contributed by atoms with van der Waals surface area (Å²) in [4.78, 5) is 11.5. The molecule has 2 aliphatic carbocycles. The van der Waals surface area contributed by atoms with Crippen molar-refractivity contribution in [1.29, 1.82) is 0 Å². The second-order valence-corrected chi connectivity index (χ2v) is 7.42. The lowest BCUT2D eigenvalue weighted by Gasteiger charge is -2.32. The Balaban J connectivity index is 1.66. The fourth-order valence-electron chi connectivity index (χ4n) is 3.24. The standard InChI is InChI=1S/C17H31NO3/c1-12-5-8-15(11-13(12)2)21-10-4-9-17(3,16(19)20)18-14-6-7-14/h12-15,18H,4-11H2,1-3H3,(H,19,20). The van der Waals surface area contributed by atoms with Crippen molar-refractivity contribution in [2.75, 3.05) is 6.61 Å². The van der Waals surface area contributed by atoms with Crippen LogP contribution in [0.4, 0.5) is 0 Å². The van der Waals surface area contributed by atoms with Gasteiger partial charge >= 0.3 is 5.97 Å². The summed E-state index contributed by atoms with van der Waals surface area (Å²) in [5.41, 5.74) is -0.793. The molecular weight excluding hydrogens is 266 g/mol. The number of rotatable bonds is 8. The van der Waals surface area contributed by atoms with Crippen molar-refractivity contribution in [2.24, 2.45) is 11.8 Å². The molecule has 0 bridgehead atoms. The van der Waals surface area contributed by atoms with Crippen LogP contribution in [0, 0.1) is 11.8 Å². The predicted molar refractivity (Wildman–Crippen MR) is 83.4 cm³/mol. The molecule has 4 heteroatoms. The minimum absolute atomic E-state index is 0.378. The van der Waals surface area contributed by atoms with Crippen LogP contribution in [0.2, 0.25) is 0 Å². The van der Waals surface area contributed by atoms with E-state index in [9.17, 15) is 9.90 Å². The third-order valence-corrected chi connectivity index (χ3v) is 5.30. The number of nitrogens with one attached hydrogen (secondary N) is 1. The normalized spacial score (nSPS) is 32.6. The molecule has 2 rings (SSSR count). The first-order chi connectivity index (χ1) is 9.90. The first kappa shape index (κ1) is 16.8. The molecule has 4 atom stereocenters. The summed E-state index contributed by atoms with van der Waals surface area (Å²) in [6, 6.07) is 0.410. The molecule has 0 amide bonds. The third kappa shape index (κ3) is 4.96. The van der Waals surface area contributed by atoms with Gasteiger partial charge in [-0.3, -0.25) is 10.1 Å². The predicted octanol–water partition coefficient (Wildman–Crippen LogP) is 3.20. The Labute approximate surface area is 128 Å². The van der Waals surface area contributed by atoms with Crippen LogP contribution < -0.4 is 5.32 Å². The Morgan fingerprint density at radius 2 is 1.95 bits per heavy atom. The number of carboxylic acids is 1. The van der Waals surface area contributed by atoms with Crippen LogP contribution in [-0.2, 0) is 9.53 Å². The number of carboxylic acid groups (broad SMARTS) is 1. The van der Waals surface area contributed by atoms with E-state index >= 15 is 0 Å². The average Bonchev–Trinajstić information content (AvgIpc) is 3.22. The fraction of sp³-hybridized carbons (Fsp3) is 0.941. The Morgan fingerprint density at radius 3 is 2.52 bits per heavy atom. The van der Waals surface area contributed by atoms with Gasteiger partial charge in [-0.25, -0.2) is 0 Å². The maximum atomic E-state index is 11.5. The van der Waals surface area contributed by atoms with Crippen LogP contribution in [0.1, 0.15) is 65.7 Å². The van der Waals surface area contributed by atoms with E-state index in [4.69, 9.17) is 4.74 Å². The number of hydrogen-bond acceptors (Lipinski definition) is 3. The zero-order chi connectivity index (χ0) is 15.5. The van der Waals surface area contributed by atoms with Gasteiger partial charge in [-0.2, -0.15) is 0 Å². The molecule has 0 aliphatic heterocycles. The summed E-state index contributed by atoms with van der Waals surface area (Å²) in [5, 5.41) is 12.7. The van der Waals surface area contributed by atoms with Gasteiger partial charge in [0.15, 0.2) is 0 Å². The van der Waals surface area contributed by atoms with Gasteiger partial charge < -0.3 is 9.84 Å². The molecule has 0 aromatic carbocycles. The molecule has 21 heavy (non-hydrogen) atoms. The van der Waals surface area contributed by atoms with Crippen LogP contribution in [0.25, 0.3) is 0 Å². The first-order valence-electron chi connectivity index (χ1n) is 8.53. The summed E-state index contributed by atoms with van der Waals surface area (Å²) >= 11 is 0. The molecule has 0 saturated heterocycles. The zero-order valence-electron chi connectivity index (χ0n) is 13.7. The maximum Gasteiger partial charge on any atom is 0.323 e. The summed E-state index contributed by atoms with van der Waals surface area (Å²) in [6.07, 6.45) is 7.60. The highest BCUT2D eigenvalue weighted by Gasteiger charge is 2.38. The second kappa shape index (κ2) is 7.10. The summed E-state index contributed by atoms with van der Waals surface area (Å²) in [7, 11) is 0. The molecule has 0 aromatic heterocycles. The molecule has 0 heterocycles. The van der Waals surface area contributed by atoms with E-state index in [-0.39, 0.29) is 0 Å². The molecule has 2 saturated carbocycles. The van der Waals surface area contributed by atoms with Crippen LogP contribution in [0.15, 0.2) is 0 Å². The fourth-order valence-corrected chi connectivity index (χ4v) is 3.24. The van der Waals surface area contributed by atoms with Gasteiger partial charge in [0.25, 0.3) is 0 Å². The SMILES string of the molecule is CC1CCC(OCCCC(C)(NC2CC2)C(=O)O)CC1C. The molecule has 0 spiro atoms. The Kier molecular flexibility index (Phi) is 5.67.